The van der Waals surface area contributed by atoms with Gasteiger partial charge in [0.15, 0.2) is 0 Å². The van der Waals surface area contributed by atoms with E-state index in [0.29, 0.717) is 5.56 Å². The minimum atomic E-state index is -0.325. The standard InChI is InChI=1S/C12H16FN3O.ClH/c1-15-6-8-16(9-7-15)14-12(17)10-2-4-11(13)5-3-10;/h2-5H,6-9H2,1H3,(H,14,17);1H. The first-order chi connectivity index (χ1) is 8.15. The van der Waals surface area contributed by atoms with Crippen molar-refractivity contribution in [3.05, 3.63) is 35.6 Å². The molecule has 1 aliphatic rings. The lowest BCUT2D eigenvalue weighted by atomic mass is 10.2. The maximum Gasteiger partial charge on any atom is 0.295 e. The third-order valence-corrected chi connectivity index (χ3v) is 2.99. The van der Waals surface area contributed by atoms with Gasteiger partial charge in [0.2, 0.25) is 0 Å². The zero-order valence-corrected chi connectivity index (χ0v) is 11.0. The fourth-order valence-corrected chi connectivity index (χ4v) is 1.85. The minimum Gasteiger partial charge on any atom is -1.00 e. The lowest BCUT2D eigenvalue weighted by Crippen LogP contribution is -3.21. The average molecular weight is 274 g/mol. The molecule has 6 heteroatoms. The highest BCUT2D eigenvalue weighted by Gasteiger charge is 2.19. The largest absolute Gasteiger partial charge is 1.00 e. The van der Waals surface area contributed by atoms with Gasteiger partial charge in [-0.25, -0.2) is 9.40 Å². The zero-order chi connectivity index (χ0) is 12.3. The SMILES string of the molecule is CN1CC[NH+](NC(=O)c2ccc(F)cc2)CC1.[Cl-]. The van der Waals surface area contributed by atoms with Crippen molar-refractivity contribution >= 4 is 5.91 Å². The quantitative estimate of drug-likeness (QED) is 0.582. The van der Waals surface area contributed by atoms with Crippen molar-refractivity contribution in [2.45, 2.75) is 0 Å². The Hall–Kier alpha value is -1.17. The summed E-state index contributed by atoms with van der Waals surface area (Å²) in [6.07, 6.45) is 0. The number of piperazine rings is 1. The topological polar surface area (TPSA) is 36.8 Å². The third kappa shape index (κ3) is 3.94. The Kier molecular flexibility index (Phi) is 5.53. The smallest absolute Gasteiger partial charge is 0.295 e. The van der Waals surface area contributed by atoms with Crippen LogP contribution < -0.4 is 22.8 Å². The molecule has 4 nitrogen and oxygen atoms in total. The number of carbonyl (C=O) groups is 1. The van der Waals surface area contributed by atoms with E-state index in [4.69, 9.17) is 0 Å². The van der Waals surface area contributed by atoms with Crippen molar-refractivity contribution in [2.24, 2.45) is 0 Å². The summed E-state index contributed by atoms with van der Waals surface area (Å²) in [7, 11) is 2.07. The second-order valence-electron chi connectivity index (χ2n) is 4.37. The van der Waals surface area contributed by atoms with E-state index in [1.807, 2.05) is 0 Å². The van der Waals surface area contributed by atoms with Crippen LogP contribution in [0.5, 0.6) is 0 Å². The molecule has 1 aliphatic heterocycles. The fourth-order valence-electron chi connectivity index (χ4n) is 1.85. The van der Waals surface area contributed by atoms with Crippen molar-refractivity contribution in [3.8, 4) is 0 Å². The van der Waals surface area contributed by atoms with Crippen LogP contribution in [-0.4, -0.2) is 44.0 Å². The number of amides is 1. The van der Waals surface area contributed by atoms with Gasteiger partial charge < -0.3 is 12.4 Å². The number of halogens is 2. The second kappa shape index (κ2) is 6.68. The van der Waals surface area contributed by atoms with Gasteiger partial charge in [-0.15, -0.1) is 0 Å². The summed E-state index contributed by atoms with van der Waals surface area (Å²) in [5.41, 5.74) is 3.40. The number of hydrogen-bond acceptors (Lipinski definition) is 2. The molecule has 0 aromatic heterocycles. The van der Waals surface area contributed by atoms with Gasteiger partial charge in [-0.1, -0.05) is 0 Å². The molecule has 2 rings (SSSR count). The van der Waals surface area contributed by atoms with Crippen LogP contribution in [0.1, 0.15) is 10.4 Å². The number of nitrogens with zero attached hydrogens (tertiary/aromatic N) is 1. The molecule has 18 heavy (non-hydrogen) atoms. The number of benzene rings is 1. The molecule has 0 unspecified atom stereocenters. The molecule has 1 fully saturated rings. The first-order valence-electron chi connectivity index (χ1n) is 5.75. The van der Waals surface area contributed by atoms with Gasteiger partial charge in [0.05, 0.1) is 0 Å². The second-order valence-corrected chi connectivity index (χ2v) is 4.37. The summed E-state index contributed by atoms with van der Waals surface area (Å²) in [5, 5.41) is 1.07. The highest BCUT2D eigenvalue weighted by molar-refractivity contribution is 5.93. The molecule has 0 spiro atoms. The molecular weight excluding hydrogens is 257 g/mol. The van der Waals surface area contributed by atoms with Gasteiger partial charge in [-0.2, -0.15) is 5.43 Å². The molecule has 0 radical (unpaired) electrons. The van der Waals surface area contributed by atoms with E-state index < -0.39 is 0 Å². The number of likely N-dealkylation sites (N-methyl/N-ethyl adjacent to an activating group) is 1. The Balaban J connectivity index is 0.00000162. The maximum absolute atomic E-state index is 12.7. The number of nitrogens with one attached hydrogen (secondary N) is 2. The lowest BCUT2D eigenvalue weighted by molar-refractivity contribution is -0.939. The molecule has 2 N–H and O–H groups in total. The van der Waals surface area contributed by atoms with Crippen LogP contribution in [0.15, 0.2) is 24.3 Å². The average Bonchev–Trinajstić information content (AvgIpc) is 2.33. The highest BCUT2D eigenvalue weighted by Crippen LogP contribution is 2.01. The Morgan fingerprint density at radius 1 is 1.28 bits per heavy atom. The van der Waals surface area contributed by atoms with Crippen molar-refractivity contribution in [2.75, 3.05) is 33.2 Å². The van der Waals surface area contributed by atoms with Crippen LogP contribution in [0.25, 0.3) is 0 Å². The van der Waals surface area contributed by atoms with Gasteiger partial charge >= 0.3 is 0 Å². The zero-order valence-electron chi connectivity index (χ0n) is 10.2. The molecule has 100 valence electrons. The van der Waals surface area contributed by atoms with Crippen LogP contribution in [0, 0.1) is 5.82 Å². The Morgan fingerprint density at radius 3 is 2.39 bits per heavy atom. The first kappa shape index (κ1) is 14.9. The van der Waals surface area contributed by atoms with Gasteiger partial charge in [0.1, 0.15) is 18.9 Å². The van der Waals surface area contributed by atoms with Crippen LogP contribution in [0.3, 0.4) is 0 Å². The number of carbonyl (C=O) groups excluding carboxylic acids is 1. The summed E-state index contributed by atoms with van der Waals surface area (Å²) in [5.74, 6) is -0.474. The van der Waals surface area contributed by atoms with E-state index in [2.05, 4.69) is 17.4 Å². The van der Waals surface area contributed by atoms with E-state index in [0.717, 1.165) is 31.2 Å². The summed E-state index contributed by atoms with van der Waals surface area (Å²) < 4.78 is 12.7. The van der Waals surface area contributed by atoms with Gasteiger partial charge in [0.25, 0.3) is 5.91 Å². The molecular formula is C12H17ClFN3O. The molecule has 0 aliphatic carbocycles. The molecule has 1 amide bonds. The third-order valence-electron chi connectivity index (χ3n) is 2.99. The summed E-state index contributed by atoms with van der Waals surface area (Å²) in [4.78, 5) is 14.1. The van der Waals surface area contributed by atoms with E-state index in [-0.39, 0.29) is 24.1 Å². The highest BCUT2D eigenvalue weighted by atomic mass is 35.5. The fraction of sp³-hybridized carbons (Fsp3) is 0.417. The van der Waals surface area contributed by atoms with Crippen LogP contribution in [0.2, 0.25) is 0 Å². The molecule has 1 aromatic rings. The van der Waals surface area contributed by atoms with E-state index in [1.165, 1.54) is 24.3 Å². The molecule has 1 saturated heterocycles. The van der Waals surface area contributed by atoms with E-state index in [1.54, 1.807) is 0 Å². The summed E-state index contributed by atoms with van der Waals surface area (Å²) in [6, 6.07) is 5.60. The summed E-state index contributed by atoms with van der Waals surface area (Å²) in [6.45, 7) is 3.73. The van der Waals surface area contributed by atoms with Crippen molar-refractivity contribution in [3.63, 3.8) is 0 Å². The normalized spacial score (nSPS) is 17.0. The minimum absolute atomic E-state index is 0. The van der Waals surface area contributed by atoms with Crippen molar-refractivity contribution < 1.29 is 26.6 Å². The predicted molar refractivity (Wildman–Crippen MR) is 62.1 cm³/mol. The molecule has 1 aromatic carbocycles. The predicted octanol–water partition coefficient (Wildman–Crippen LogP) is -3.70. The molecule has 0 atom stereocenters. The Labute approximate surface area is 112 Å². The van der Waals surface area contributed by atoms with Gasteiger partial charge in [-0.05, 0) is 31.3 Å². The monoisotopic (exact) mass is 273 g/mol. The Morgan fingerprint density at radius 2 is 1.83 bits per heavy atom. The molecule has 0 saturated carbocycles. The van der Waals surface area contributed by atoms with Crippen molar-refractivity contribution in [1.29, 1.82) is 0 Å². The van der Waals surface area contributed by atoms with E-state index >= 15 is 0 Å². The molecule has 0 bridgehead atoms. The maximum atomic E-state index is 12.7. The lowest BCUT2D eigenvalue weighted by Gasteiger charge is -2.28. The van der Waals surface area contributed by atoms with Crippen LogP contribution in [0.4, 0.5) is 4.39 Å². The Bertz CT molecular complexity index is 391. The van der Waals surface area contributed by atoms with Gasteiger partial charge in [-0.3, -0.25) is 9.69 Å². The van der Waals surface area contributed by atoms with Crippen LogP contribution >= 0.6 is 0 Å². The van der Waals surface area contributed by atoms with E-state index in [9.17, 15) is 9.18 Å². The number of quaternary nitrogens is 1. The van der Waals surface area contributed by atoms with Crippen LogP contribution in [-0.2, 0) is 0 Å². The summed E-state index contributed by atoms with van der Waals surface area (Å²) >= 11 is 0. The van der Waals surface area contributed by atoms with Crippen molar-refractivity contribution in [1.82, 2.24) is 10.3 Å². The van der Waals surface area contributed by atoms with Gasteiger partial charge in [0, 0.05) is 18.7 Å². The number of rotatable bonds is 2. The number of hydrogen-bond donors (Lipinski definition) is 2. The molecule has 1 heterocycles. The first-order valence-corrected chi connectivity index (χ1v) is 5.75.